The van der Waals surface area contributed by atoms with Gasteiger partial charge in [-0.15, -0.1) is 0 Å². The number of amides is 1. The molecule has 2 aromatic rings. The second kappa shape index (κ2) is 8.93. The molecule has 0 saturated heterocycles. The van der Waals surface area contributed by atoms with Gasteiger partial charge in [0.1, 0.15) is 11.5 Å². The Morgan fingerprint density at radius 3 is 2.83 bits per heavy atom. The second-order valence-corrected chi connectivity index (χ2v) is 5.34. The third-order valence-electron chi connectivity index (χ3n) is 3.18. The van der Waals surface area contributed by atoms with Crippen molar-refractivity contribution in [2.24, 2.45) is 5.10 Å². The summed E-state index contributed by atoms with van der Waals surface area (Å²) in [5.41, 5.74) is 4.00. The van der Waals surface area contributed by atoms with Gasteiger partial charge >= 0.3 is 0 Å². The molecule has 0 aromatic heterocycles. The van der Waals surface area contributed by atoms with E-state index in [9.17, 15) is 4.79 Å². The number of carbonyl (C=O) groups excluding carboxylic acids is 1. The molecule has 24 heavy (non-hydrogen) atoms. The van der Waals surface area contributed by atoms with E-state index in [2.05, 4.69) is 10.5 Å². The minimum Gasteiger partial charge on any atom is -0.497 e. The first-order chi connectivity index (χ1) is 11.6. The molecule has 126 valence electrons. The molecule has 0 saturated carbocycles. The molecule has 2 aromatic carbocycles. The Hall–Kier alpha value is -2.53. The van der Waals surface area contributed by atoms with Crippen molar-refractivity contribution in [1.29, 1.82) is 0 Å². The van der Waals surface area contributed by atoms with E-state index in [1.807, 2.05) is 31.2 Å². The lowest BCUT2D eigenvalue weighted by Crippen LogP contribution is -2.20. The summed E-state index contributed by atoms with van der Waals surface area (Å²) < 4.78 is 10.5. The molecule has 1 N–H and O–H groups in total. The minimum absolute atomic E-state index is 0.117. The van der Waals surface area contributed by atoms with Crippen molar-refractivity contribution in [3.63, 3.8) is 0 Å². The summed E-state index contributed by atoms with van der Waals surface area (Å²) in [6.07, 6.45) is 1.68. The molecule has 6 heteroatoms. The molecule has 0 fully saturated rings. The average molecular weight is 347 g/mol. The Morgan fingerprint density at radius 1 is 1.25 bits per heavy atom. The molecule has 0 aliphatic rings. The number of ether oxygens (including phenoxy) is 2. The molecular weight excluding hydrogens is 328 g/mol. The molecular formula is C18H19ClN2O3. The number of nitrogens with zero attached hydrogens (tertiary/aromatic N) is 1. The van der Waals surface area contributed by atoms with Crippen LogP contribution in [0.25, 0.3) is 0 Å². The lowest BCUT2D eigenvalue weighted by molar-refractivity contribution is -0.120. The third kappa shape index (κ3) is 5.28. The second-order valence-electron chi connectivity index (χ2n) is 4.93. The molecule has 0 spiro atoms. The number of carbonyl (C=O) groups is 1. The van der Waals surface area contributed by atoms with Gasteiger partial charge in [-0.1, -0.05) is 23.7 Å². The highest BCUT2D eigenvalue weighted by atomic mass is 35.5. The van der Waals surface area contributed by atoms with Crippen LogP contribution < -0.4 is 14.9 Å². The summed E-state index contributed by atoms with van der Waals surface area (Å²) in [6.45, 7) is 2.52. The van der Waals surface area contributed by atoms with Crippen LogP contribution in [-0.4, -0.2) is 25.8 Å². The number of benzene rings is 2. The molecule has 0 heterocycles. The predicted octanol–water partition coefficient (Wildman–Crippen LogP) is 3.44. The van der Waals surface area contributed by atoms with E-state index >= 15 is 0 Å². The van der Waals surface area contributed by atoms with Crippen LogP contribution in [0, 0.1) is 0 Å². The van der Waals surface area contributed by atoms with Gasteiger partial charge in [0.2, 0.25) is 5.91 Å². The summed E-state index contributed by atoms with van der Waals surface area (Å²) in [4.78, 5) is 12.0. The van der Waals surface area contributed by atoms with E-state index in [1.54, 1.807) is 31.5 Å². The molecule has 0 radical (unpaired) electrons. The summed E-state index contributed by atoms with van der Waals surface area (Å²) in [5.74, 6) is 1.15. The highest BCUT2D eigenvalue weighted by Crippen LogP contribution is 2.22. The van der Waals surface area contributed by atoms with Crippen molar-refractivity contribution >= 4 is 23.7 Å². The van der Waals surface area contributed by atoms with Crippen LogP contribution in [0.3, 0.4) is 0 Å². The minimum atomic E-state index is -0.262. The van der Waals surface area contributed by atoms with Crippen molar-refractivity contribution in [3.8, 4) is 11.5 Å². The van der Waals surface area contributed by atoms with E-state index in [0.29, 0.717) is 22.9 Å². The number of methoxy groups -OCH3 is 1. The molecule has 0 unspecified atom stereocenters. The van der Waals surface area contributed by atoms with Crippen molar-refractivity contribution in [2.45, 2.75) is 13.3 Å². The van der Waals surface area contributed by atoms with Crippen LogP contribution in [0.4, 0.5) is 0 Å². The van der Waals surface area contributed by atoms with Gasteiger partial charge in [0.05, 0.1) is 26.4 Å². The Morgan fingerprint density at radius 2 is 2.08 bits per heavy atom. The first kappa shape index (κ1) is 17.8. The highest BCUT2D eigenvalue weighted by Gasteiger charge is 2.08. The van der Waals surface area contributed by atoms with E-state index in [0.717, 1.165) is 11.3 Å². The molecule has 0 aliphatic carbocycles. The van der Waals surface area contributed by atoms with Crippen LogP contribution in [-0.2, 0) is 11.2 Å². The number of halogens is 1. The van der Waals surface area contributed by atoms with Gasteiger partial charge in [-0.05, 0) is 48.4 Å². The number of rotatable bonds is 7. The average Bonchev–Trinajstić information content (AvgIpc) is 2.57. The highest BCUT2D eigenvalue weighted by molar-refractivity contribution is 6.31. The molecule has 0 bridgehead atoms. The maximum absolute atomic E-state index is 12.0. The lowest BCUT2D eigenvalue weighted by atomic mass is 10.1. The standard InChI is InChI=1S/C18H19ClN2O3/c1-3-24-16-6-4-5-13(9-16)12-20-21-18(22)11-14-10-15(23-2)7-8-17(14)19/h4-10,12H,3,11H2,1-2H3,(H,21,22)/b20-12+. The Labute approximate surface area is 146 Å². The van der Waals surface area contributed by atoms with Crippen LogP contribution in [0.15, 0.2) is 47.6 Å². The van der Waals surface area contributed by atoms with Crippen LogP contribution in [0.2, 0.25) is 5.02 Å². The number of nitrogens with one attached hydrogen (secondary N) is 1. The molecule has 0 aliphatic heterocycles. The van der Waals surface area contributed by atoms with E-state index in [1.165, 1.54) is 0 Å². The maximum atomic E-state index is 12.0. The SMILES string of the molecule is CCOc1cccc(/C=N/NC(=O)Cc2cc(OC)ccc2Cl)c1. The summed E-state index contributed by atoms with van der Waals surface area (Å²) >= 11 is 6.09. The van der Waals surface area contributed by atoms with E-state index in [4.69, 9.17) is 21.1 Å². The van der Waals surface area contributed by atoms with Crippen LogP contribution in [0.1, 0.15) is 18.1 Å². The molecule has 2 rings (SSSR count). The zero-order chi connectivity index (χ0) is 17.4. The van der Waals surface area contributed by atoms with Crippen molar-refractivity contribution in [1.82, 2.24) is 5.43 Å². The fraction of sp³-hybridized carbons (Fsp3) is 0.222. The first-order valence-electron chi connectivity index (χ1n) is 7.49. The normalized spacial score (nSPS) is 10.6. The number of hydrazone groups is 1. The van der Waals surface area contributed by atoms with Crippen molar-refractivity contribution in [3.05, 3.63) is 58.6 Å². The Bertz CT molecular complexity index is 732. The number of hydrogen-bond acceptors (Lipinski definition) is 4. The summed E-state index contributed by atoms with van der Waals surface area (Å²) in [6, 6.07) is 12.6. The lowest BCUT2D eigenvalue weighted by Gasteiger charge is -2.06. The van der Waals surface area contributed by atoms with Gasteiger partial charge in [-0.25, -0.2) is 5.43 Å². The molecule has 0 atom stereocenters. The van der Waals surface area contributed by atoms with Crippen molar-refractivity contribution < 1.29 is 14.3 Å². The smallest absolute Gasteiger partial charge is 0.244 e. The molecule has 1 amide bonds. The third-order valence-corrected chi connectivity index (χ3v) is 3.54. The molecule has 5 nitrogen and oxygen atoms in total. The van der Waals surface area contributed by atoms with E-state index in [-0.39, 0.29) is 12.3 Å². The monoisotopic (exact) mass is 346 g/mol. The topological polar surface area (TPSA) is 59.9 Å². The fourth-order valence-electron chi connectivity index (χ4n) is 2.06. The van der Waals surface area contributed by atoms with Gasteiger partial charge in [-0.3, -0.25) is 4.79 Å². The zero-order valence-electron chi connectivity index (χ0n) is 13.6. The van der Waals surface area contributed by atoms with Crippen molar-refractivity contribution in [2.75, 3.05) is 13.7 Å². The predicted molar refractivity (Wildman–Crippen MR) is 95.1 cm³/mol. The first-order valence-corrected chi connectivity index (χ1v) is 7.87. The Balaban J connectivity index is 1.94. The van der Waals surface area contributed by atoms with Gasteiger partial charge < -0.3 is 9.47 Å². The summed E-state index contributed by atoms with van der Waals surface area (Å²) in [5, 5.41) is 4.47. The number of hydrogen-bond donors (Lipinski definition) is 1. The maximum Gasteiger partial charge on any atom is 0.244 e. The van der Waals surface area contributed by atoms with Crippen LogP contribution in [0.5, 0.6) is 11.5 Å². The van der Waals surface area contributed by atoms with Gasteiger partial charge in [-0.2, -0.15) is 5.10 Å². The quantitative estimate of drug-likeness (QED) is 0.617. The fourth-order valence-corrected chi connectivity index (χ4v) is 2.24. The van der Waals surface area contributed by atoms with E-state index < -0.39 is 0 Å². The zero-order valence-corrected chi connectivity index (χ0v) is 14.3. The summed E-state index contributed by atoms with van der Waals surface area (Å²) in [7, 11) is 1.56. The van der Waals surface area contributed by atoms with Gasteiger partial charge in [0.15, 0.2) is 0 Å². The van der Waals surface area contributed by atoms with Gasteiger partial charge in [0, 0.05) is 5.02 Å². The van der Waals surface area contributed by atoms with Gasteiger partial charge in [0.25, 0.3) is 0 Å². The largest absolute Gasteiger partial charge is 0.497 e. The Kier molecular flexibility index (Phi) is 6.63. The van der Waals surface area contributed by atoms with Crippen LogP contribution >= 0.6 is 11.6 Å².